The predicted octanol–water partition coefficient (Wildman–Crippen LogP) is 2.28. The van der Waals surface area contributed by atoms with Gasteiger partial charge in [0.1, 0.15) is 5.69 Å². The standard InChI is InChI=1S/C15H23N3O/c1-9-6-14(17-18(9)3)15(19)16-10(2)13-8-11-4-5-12(13)7-11/h6,10-13H,4-5,7-8H2,1-3H3,(H,16,19). The number of hydrogen-bond acceptors (Lipinski definition) is 2. The highest BCUT2D eigenvalue weighted by atomic mass is 16.2. The minimum absolute atomic E-state index is 0.0287. The summed E-state index contributed by atoms with van der Waals surface area (Å²) in [6.07, 6.45) is 5.44. The molecule has 2 aliphatic carbocycles. The second-order valence-electron chi connectivity index (χ2n) is 6.40. The van der Waals surface area contributed by atoms with Gasteiger partial charge in [0.2, 0.25) is 0 Å². The predicted molar refractivity (Wildman–Crippen MR) is 73.8 cm³/mol. The van der Waals surface area contributed by atoms with Crippen molar-refractivity contribution in [3.63, 3.8) is 0 Å². The van der Waals surface area contributed by atoms with Crippen molar-refractivity contribution >= 4 is 5.91 Å². The summed E-state index contributed by atoms with van der Waals surface area (Å²) in [5, 5.41) is 7.39. The first-order chi connectivity index (χ1) is 9.04. The fraction of sp³-hybridized carbons (Fsp3) is 0.733. The third-order valence-corrected chi connectivity index (χ3v) is 5.14. The normalized spacial score (nSPS) is 30.6. The van der Waals surface area contributed by atoms with Crippen molar-refractivity contribution in [1.82, 2.24) is 15.1 Å². The van der Waals surface area contributed by atoms with Crippen LogP contribution in [0.4, 0.5) is 0 Å². The summed E-state index contributed by atoms with van der Waals surface area (Å²) in [5.74, 6) is 2.41. The summed E-state index contributed by atoms with van der Waals surface area (Å²) in [4.78, 5) is 12.2. The molecule has 4 unspecified atom stereocenters. The number of nitrogens with zero attached hydrogens (tertiary/aromatic N) is 2. The van der Waals surface area contributed by atoms with Crippen LogP contribution in [-0.4, -0.2) is 21.7 Å². The molecule has 0 aromatic carbocycles. The third kappa shape index (κ3) is 2.28. The second-order valence-corrected chi connectivity index (χ2v) is 6.40. The summed E-state index contributed by atoms with van der Waals surface area (Å²) in [7, 11) is 1.87. The van der Waals surface area contributed by atoms with E-state index in [1.807, 2.05) is 20.0 Å². The summed E-state index contributed by atoms with van der Waals surface area (Å²) < 4.78 is 1.75. The Bertz CT molecular complexity index is 474. The van der Waals surface area contributed by atoms with Gasteiger partial charge in [0, 0.05) is 18.8 Å². The van der Waals surface area contributed by atoms with Gasteiger partial charge in [-0.2, -0.15) is 5.10 Å². The van der Waals surface area contributed by atoms with Crippen LogP contribution in [-0.2, 0) is 7.05 Å². The van der Waals surface area contributed by atoms with Gasteiger partial charge in [-0.3, -0.25) is 9.48 Å². The molecule has 2 bridgehead atoms. The minimum atomic E-state index is -0.0287. The Balaban J connectivity index is 1.63. The zero-order valence-corrected chi connectivity index (χ0v) is 12.0. The van der Waals surface area contributed by atoms with Crippen LogP contribution >= 0.6 is 0 Å². The molecule has 3 rings (SSSR count). The molecule has 2 fully saturated rings. The number of nitrogens with one attached hydrogen (secondary N) is 1. The van der Waals surface area contributed by atoms with Crippen LogP contribution in [0.3, 0.4) is 0 Å². The lowest BCUT2D eigenvalue weighted by Crippen LogP contribution is -2.40. The fourth-order valence-corrected chi connectivity index (χ4v) is 3.97. The lowest BCUT2D eigenvalue weighted by atomic mass is 9.84. The number of amides is 1. The summed E-state index contributed by atoms with van der Waals surface area (Å²) in [5.41, 5.74) is 1.55. The first-order valence-electron chi connectivity index (χ1n) is 7.36. The lowest BCUT2D eigenvalue weighted by molar-refractivity contribution is 0.0909. The average molecular weight is 261 g/mol. The van der Waals surface area contributed by atoms with Crippen LogP contribution in [0.2, 0.25) is 0 Å². The van der Waals surface area contributed by atoms with Crippen molar-refractivity contribution in [2.24, 2.45) is 24.8 Å². The summed E-state index contributed by atoms with van der Waals surface area (Å²) >= 11 is 0. The molecule has 0 saturated heterocycles. The average Bonchev–Trinajstić information content (AvgIpc) is 3.06. The van der Waals surface area contributed by atoms with Gasteiger partial charge in [-0.05, 0) is 56.9 Å². The van der Waals surface area contributed by atoms with Crippen LogP contribution in [0.1, 0.15) is 48.8 Å². The topological polar surface area (TPSA) is 46.9 Å². The summed E-state index contributed by atoms with van der Waals surface area (Å²) in [6.45, 7) is 4.11. The maximum absolute atomic E-state index is 12.2. The van der Waals surface area contributed by atoms with E-state index in [0.717, 1.165) is 17.5 Å². The molecule has 4 atom stereocenters. The van der Waals surface area contributed by atoms with E-state index in [-0.39, 0.29) is 11.9 Å². The van der Waals surface area contributed by atoms with Gasteiger partial charge in [-0.25, -0.2) is 0 Å². The van der Waals surface area contributed by atoms with Gasteiger partial charge in [-0.1, -0.05) is 6.42 Å². The van der Waals surface area contributed by atoms with Crippen molar-refractivity contribution in [2.75, 3.05) is 0 Å². The Morgan fingerprint density at radius 3 is 2.79 bits per heavy atom. The fourth-order valence-electron chi connectivity index (χ4n) is 3.97. The smallest absolute Gasteiger partial charge is 0.272 e. The van der Waals surface area contributed by atoms with E-state index in [2.05, 4.69) is 17.3 Å². The SMILES string of the molecule is Cc1cc(C(=O)NC(C)C2CC3CCC2C3)nn1C. The number of carbonyl (C=O) groups is 1. The van der Waals surface area contributed by atoms with Crippen LogP contribution < -0.4 is 5.32 Å². The van der Waals surface area contributed by atoms with Gasteiger partial charge in [0.15, 0.2) is 0 Å². The number of hydrogen-bond donors (Lipinski definition) is 1. The quantitative estimate of drug-likeness (QED) is 0.907. The Hall–Kier alpha value is -1.32. The van der Waals surface area contributed by atoms with Gasteiger partial charge in [0.05, 0.1) is 0 Å². The molecule has 2 saturated carbocycles. The lowest BCUT2D eigenvalue weighted by Gasteiger charge is -2.28. The van der Waals surface area contributed by atoms with Crippen molar-refractivity contribution in [1.29, 1.82) is 0 Å². The molecule has 1 amide bonds. The number of aryl methyl sites for hydroxylation is 2. The van der Waals surface area contributed by atoms with Gasteiger partial charge < -0.3 is 5.32 Å². The number of rotatable bonds is 3. The maximum atomic E-state index is 12.2. The highest BCUT2D eigenvalue weighted by Gasteiger charge is 2.42. The van der Waals surface area contributed by atoms with E-state index in [1.54, 1.807) is 4.68 Å². The monoisotopic (exact) mass is 261 g/mol. The molecule has 0 radical (unpaired) electrons. The molecular weight excluding hydrogens is 238 g/mol. The maximum Gasteiger partial charge on any atom is 0.272 e. The molecular formula is C15H23N3O. The molecule has 0 spiro atoms. The van der Waals surface area contributed by atoms with E-state index in [4.69, 9.17) is 0 Å². The Kier molecular flexibility index (Phi) is 3.11. The second kappa shape index (κ2) is 4.66. The molecule has 1 aromatic rings. The summed E-state index contributed by atoms with van der Waals surface area (Å²) in [6, 6.07) is 2.12. The minimum Gasteiger partial charge on any atom is -0.348 e. The van der Waals surface area contributed by atoms with E-state index in [1.165, 1.54) is 25.7 Å². The molecule has 0 aliphatic heterocycles. The molecule has 19 heavy (non-hydrogen) atoms. The molecule has 4 nitrogen and oxygen atoms in total. The van der Waals surface area contributed by atoms with Crippen molar-refractivity contribution < 1.29 is 4.79 Å². The number of fused-ring (bicyclic) bond motifs is 2. The van der Waals surface area contributed by atoms with E-state index in [0.29, 0.717) is 11.6 Å². The molecule has 2 aliphatic rings. The van der Waals surface area contributed by atoms with Gasteiger partial charge in [0.25, 0.3) is 5.91 Å². The van der Waals surface area contributed by atoms with Gasteiger partial charge in [-0.15, -0.1) is 0 Å². The van der Waals surface area contributed by atoms with Crippen molar-refractivity contribution in [2.45, 2.75) is 45.6 Å². The Labute approximate surface area is 114 Å². The number of carbonyl (C=O) groups excluding carboxylic acids is 1. The van der Waals surface area contributed by atoms with E-state index in [9.17, 15) is 4.79 Å². The highest BCUT2D eigenvalue weighted by molar-refractivity contribution is 5.92. The molecule has 4 heteroatoms. The Morgan fingerprint density at radius 2 is 2.26 bits per heavy atom. The molecule has 1 heterocycles. The van der Waals surface area contributed by atoms with Crippen molar-refractivity contribution in [3.05, 3.63) is 17.5 Å². The third-order valence-electron chi connectivity index (χ3n) is 5.14. The van der Waals surface area contributed by atoms with Crippen LogP contribution in [0.5, 0.6) is 0 Å². The first-order valence-corrected chi connectivity index (χ1v) is 7.36. The van der Waals surface area contributed by atoms with E-state index < -0.39 is 0 Å². The van der Waals surface area contributed by atoms with Crippen LogP contribution in [0, 0.1) is 24.7 Å². The zero-order valence-electron chi connectivity index (χ0n) is 12.0. The molecule has 1 N–H and O–H groups in total. The highest BCUT2D eigenvalue weighted by Crippen LogP contribution is 2.49. The van der Waals surface area contributed by atoms with Gasteiger partial charge >= 0.3 is 0 Å². The first kappa shape index (κ1) is 12.7. The van der Waals surface area contributed by atoms with Crippen LogP contribution in [0.25, 0.3) is 0 Å². The van der Waals surface area contributed by atoms with E-state index >= 15 is 0 Å². The number of aromatic nitrogens is 2. The molecule has 1 aromatic heterocycles. The van der Waals surface area contributed by atoms with Crippen LogP contribution in [0.15, 0.2) is 6.07 Å². The largest absolute Gasteiger partial charge is 0.348 e. The Morgan fingerprint density at radius 1 is 1.47 bits per heavy atom. The molecule has 104 valence electrons. The zero-order chi connectivity index (χ0) is 13.6. The van der Waals surface area contributed by atoms with Crippen molar-refractivity contribution in [3.8, 4) is 0 Å².